The average molecular weight is 287 g/mol. The topological polar surface area (TPSA) is 69.1 Å². The van der Waals surface area contributed by atoms with E-state index in [2.05, 4.69) is 39.3 Å². The van der Waals surface area contributed by atoms with Crippen LogP contribution < -0.4 is 5.73 Å². The second kappa shape index (κ2) is 4.96. The summed E-state index contributed by atoms with van der Waals surface area (Å²) in [6.07, 6.45) is 5.51. The first kappa shape index (κ1) is 12.5. The van der Waals surface area contributed by atoms with Crippen LogP contribution in [-0.4, -0.2) is 19.4 Å². The monoisotopic (exact) mass is 287 g/mol. The zero-order valence-corrected chi connectivity index (χ0v) is 11.7. The standard InChI is InChI=1S/C17H13N5/c18-17-19-9-8-14(21-17)15-10-20-16-7-6-13(11-22(15)16)12-4-2-1-3-5-12/h1-11H,(H2,18,19,21). The van der Waals surface area contributed by atoms with Gasteiger partial charge in [-0.05, 0) is 29.3 Å². The van der Waals surface area contributed by atoms with E-state index in [9.17, 15) is 0 Å². The lowest BCUT2D eigenvalue weighted by atomic mass is 10.1. The molecule has 0 fully saturated rings. The lowest BCUT2D eigenvalue weighted by Crippen LogP contribution is -1.97. The number of pyridine rings is 1. The fraction of sp³-hybridized carbons (Fsp3) is 0. The molecule has 0 bridgehead atoms. The number of hydrogen-bond acceptors (Lipinski definition) is 4. The Labute approximate surface area is 127 Å². The van der Waals surface area contributed by atoms with Crippen molar-refractivity contribution in [2.75, 3.05) is 5.73 Å². The number of aromatic nitrogens is 4. The van der Waals surface area contributed by atoms with Crippen LogP contribution in [0.1, 0.15) is 0 Å². The number of nitrogens with zero attached hydrogens (tertiary/aromatic N) is 4. The van der Waals surface area contributed by atoms with Crippen LogP contribution in [-0.2, 0) is 0 Å². The summed E-state index contributed by atoms with van der Waals surface area (Å²) in [4.78, 5) is 12.6. The third-order valence-corrected chi connectivity index (χ3v) is 3.55. The summed E-state index contributed by atoms with van der Waals surface area (Å²) in [5.74, 6) is 0.256. The van der Waals surface area contributed by atoms with Crippen molar-refractivity contribution in [2.45, 2.75) is 0 Å². The molecule has 2 N–H and O–H groups in total. The molecular weight excluding hydrogens is 274 g/mol. The number of nitrogen functional groups attached to an aromatic ring is 1. The molecule has 22 heavy (non-hydrogen) atoms. The molecule has 3 aromatic heterocycles. The number of imidazole rings is 1. The molecule has 4 rings (SSSR count). The summed E-state index contributed by atoms with van der Waals surface area (Å²) in [6, 6.07) is 16.1. The molecule has 0 saturated heterocycles. The Morgan fingerprint density at radius 3 is 2.55 bits per heavy atom. The highest BCUT2D eigenvalue weighted by molar-refractivity contribution is 5.68. The molecule has 0 amide bonds. The van der Waals surface area contributed by atoms with Crippen LogP contribution in [0.15, 0.2) is 67.1 Å². The number of rotatable bonds is 2. The molecule has 0 atom stereocenters. The average Bonchev–Trinajstić information content (AvgIpc) is 2.99. The van der Waals surface area contributed by atoms with E-state index in [0.717, 1.165) is 28.2 Å². The van der Waals surface area contributed by atoms with Gasteiger partial charge in [0, 0.05) is 12.4 Å². The highest BCUT2D eigenvalue weighted by Gasteiger charge is 2.09. The van der Waals surface area contributed by atoms with Gasteiger partial charge in [-0.15, -0.1) is 0 Å². The molecular formula is C17H13N5. The van der Waals surface area contributed by atoms with Crippen LogP contribution in [0, 0.1) is 0 Å². The van der Waals surface area contributed by atoms with E-state index in [1.807, 2.05) is 34.7 Å². The summed E-state index contributed by atoms with van der Waals surface area (Å²) < 4.78 is 2.02. The van der Waals surface area contributed by atoms with Crippen molar-refractivity contribution in [3.8, 4) is 22.5 Å². The first-order valence-electron chi connectivity index (χ1n) is 6.93. The van der Waals surface area contributed by atoms with Gasteiger partial charge in [0.15, 0.2) is 0 Å². The summed E-state index contributed by atoms with van der Waals surface area (Å²) in [5, 5.41) is 0. The van der Waals surface area contributed by atoms with E-state index in [0.29, 0.717) is 0 Å². The number of nitrogens with two attached hydrogens (primary N) is 1. The van der Waals surface area contributed by atoms with Crippen molar-refractivity contribution in [1.29, 1.82) is 0 Å². The first-order valence-corrected chi connectivity index (χ1v) is 6.93. The predicted molar refractivity (Wildman–Crippen MR) is 86.1 cm³/mol. The number of fused-ring (bicyclic) bond motifs is 1. The molecule has 0 aliphatic carbocycles. The zero-order chi connectivity index (χ0) is 14.9. The smallest absolute Gasteiger partial charge is 0.220 e. The van der Waals surface area contributed by atoms with Gasteiger partial charge in [-0.3, -0.25) is 4.40 Å². The Balaban J connectivity index is 1.91. The molecule has 0 spiro atoms. The maximum Gasteiger partial charge on any atom is 0.220 e. The number of anilines is 1. The van der Waals surface area contributed by atoms with Gasteiger partial charge < -0.3 is 5.73 Å². The normalized spacial score (nSPS) is 10.9. The van der Waals surface area contributed by atoms with Gasteiger partial charge in [0.2, 0.25) is 5.95 Å². The van der Waals surface area contributed by atoms with Gasteiger partial charge in [0.05, 0.1) is 17.6 Å². The number of hydrogen-bond donors (Lipinski definition) is 1. The Morgan fingerprint density at radius 1 is 0.864 bits per heavy atom. The van der Waals surface area contributed by atoms with Gasteiger partial charge in [-0.2, -0.15) is 0 Å². The minimum atomic E-state index is 0.256. The van der Waals surface area contributed by atoms with E-state index in [-0.39, 0.29) is 5.95 Å². The van der Waals surface area contributed by atoms with Crippen molar-refractivity contribution in [1.82, 2.24) is 19.4 Å². The fourth-order valence-electron chi connectivity index (χ4n) is 2.49. The molecule has 4 aromatic rings. The molecule has 0 radical (unpaired) electrons. The van der Waals surface area contributed by atoms with Crippen LogP contribution in [0.25, 0.3) is 28.2 Å². The third-order valence-electron chi connectivity index (χ3n) is 3.55. The Hall–Kier alpha value is -3.21. The van der Waals surface area contributed by atoms with E-state index >= 15 is 0 Å². The Morgan fingerprint density at radius 2 is 1.73 bits per heavy atom. The second-order valence-electron chi connectivity index (χ2n) is 4.96. The third kappa shape index (κ3) is 2.09. The van der Waals surface area contributed by atoms with Crippen LogP contribution >= 0.6 is 0 Å². The van der Waals surface area contributed by atoms with Gasteiger partial charge in [0.25, 0.3) is 0 Å². The van der Waals surface area contributed by atoms with Crippen molar-refractivity contribution in [3.63, 3.8) is 0 Å². The maximum atomic E-state index is 5.68. The Kier molecular flexibility index (Phi) is 2.83. The van der Waals surface area contributed by atoms with Gasteiger partial charge in [-0.1, -0.05) is 30.3 Å². The molecule has 0 saturated carbocycles. The SMILES string of the molecule is Nc1nccc(-c2cnc3ccc(-c4ccccc4)cn23)n1. The molecule has 0 aliphatic rings. The number of benzene rings is 1. The maximum absolute atomic E-state index is 5.68. The summed E-state index contributed by atoms with van der Waals surface area (Å²) >= 11 is 0. The zero-order valence-electron chi connectivity index (χ0n) is 11.7. The lowest BCUT2D eigenvalue weighted by Gasteiger charge is -2.05. The van der Waals surface area contributed by atoms with Crippen molar-refractivity contribution < 1.29 is 0 Å². The molecule has 0 unspecified atom stereocenters. The van der Waals surface area contributed by atoms with E-state index in [4.69, 9.17) is 5.73 Å². The molecule has 106 valence electrons. The largest absolute Gasteiger partial charge is 0.368 e. The predicted octanol–water partition coefficient (Wildman–Crippen LogP) is 3.04. The minimum Gasteiger partial charge on any atom is -0.368 e. The molecule has 1 aromatic carbocycles. The summed E-state index contributed by atoms with van der Waals surface area (Å²) in [5.41, 5.74) is 10.5. The highest BCUT2D eigenvalue weighted by Crippen LogP contribution is 2.24. The van der Waals surface area contributed by atoms with Crippen LogP contribution in [0.4, 0.5) is 5.95 Å². The van der Waals surface area contributed by atoms with E-state index < -0.39 is 0 Å². The van der Waals surface area contributed by atoms with Crippen molar-refractivity contribution >= 4 is 11.6 Å². The summed E-state index contributed by atoms with van der Waals surface area (Å²) in [6.45, 7) is 0. The van der Waals surface area contributed by atoms with E-state index in [1.54, 1.807) is 12.4 Å². The quantitative estimate of drug-likeness (QED) is 0.615. The van der Waals surface area contributed by atoms with Crippen LogP contribution in [0.3, 0.4) is 0 Å². The summed E-state index contributed by atoms with van der Waals surface area (Å²) in [7, 11) is 0. The van der Waals surface area contributed by atoms with E-state index in [1.165, 1.54) is 0 Å². The van der Waals surface area contributed by atoms with Crippen LogP contribution in [0.2, 0.25) is 0 Å². The first-order chi connectivity index (χ1) is 10.8. The molecule has 3 heterocycles. The van der Waals surface area contributed by atoms with Crippen molar-refractivity contribution in [2.24, 2.45) is 0 Å². The fourth-order valence-corrected chi connectivity index (χ4v) is 2.49. The van der Waals surface area contributed by atoms with Crippen LogP contribution in [0.5, 0.6) is 0 Å². The lowest BCUT2D eigenvalue weighted by molar-refractivity contribution is 1.14. The van der Waals surface area contributed by atoms with Gasteiger partial charge in [-0.25, -0.2) is 15.0 Å². The van der Waals surface area contributed by atoms with Gasteiger partial charge in [0.1, 0.15) is 5.65 Å². The second-order valence-corrected chi connectivity index (χ2v) is 4.96. The highest BCUT2D eigenvalue weighted by atomic mass is 15.0. The minimum absolute atomic E-state index is 0.256. The Bertz CT molecular complexity index is 944. The van der Waals surface area contributed by atoms with Crippen molar-refractivity contribution in [3.05, 3.63) is 67.1 Å². The molecule has 5 heteroatoms. The molecule has 5 nitrogen and oxygen atoms in total. The van der Waals surface area contributed by atoms with Gasteiger partial charge >= 0.3 is 0 Å². The molecule has 0 aliphatic heterocycles.